The van der Waals surface area contributed by atoms with Crippen molar-refractivity contribution in [3.05, 3.63) is 94.8 Å². The van der Waals surface area contributed by atoms with Gasteiger partial charge in [0.15, 0.2) is 0 Å². The normalized spacial score (nSPS) is 20.0. The van der Waals surface area contributed by atoms with E-state index in [9.17, 15) is 9.59 Å². The van der Waals surface area contributed by atoms with Gasteiger partial charge in [-0.05, 0) is 84.5 Å². The maximum absolute atomic E-state index is 13.6. The lowest BCUT2D eigenvalue weighted by Crippen LogP contribution is -2.42. The van der Waals surface area contributed by atoms with Crippen molar-refractivity contribution in [3.63, 3.8) is 0 Å². The molecule has 2 amide bonds. The molecule has 2 aliphatic heterocycles. The monoisotopic (exact) mass is 528 g/mol. The highest BCUT2D eigenvalue weighted by molar-refractivity contribution is 6.17. The Morgan fingerprint density at radius 2 is 1.76 bits per heavy atom. The lowest BCUT2D eigenvalue weighted by Gasteiger charge is -2.40. The Bertz CT molecular complexity index is 1340. The van der Waals surface area contributed by atoms with Gasteiger partial charge in [-0.1, -0.05) is 24.3 Å². The van der Waals surface area contributed by atoms with Gasteiger partial charge in [-0.2, -0.15) is 0 Å². The van der Waals surface area contributed by atoms with E-state index in [0.29, 0.717) is 11.4 Å². The average Bonchev–Trinajstić information content (AvgIpc) is 3.57. The molecule has 3 heterocycles. The number of rotatable bonds is 5. The summed E-state index contributed by atoms with van der Waals surface area (Å²) in [7, 11) is 0. The molecule has 1 N–H and O–H groups in total. The Morgan fingerprint density at radius 3 is 2.55 bits per heavy atom. The Morgan fingerprint density at radius 1 is 1.00 bits per heavy atom. The van der Waals surface area contributed by atoms with Crippen LogP contribution < -0.4 is 10.2 Å². The molecule has 1 unspecified atom stereocenters. The summed E-state index contributed by atoms with van der Waals surface area (Å²) in [5.41, 5.74) is 5.86. The Labute approximate surface area is 229 Å². The Kier molecular flexibility index (Phi) is 6.83. The predicted octanol–water partition coefficient (Wildman–Crippen LogP) is 5.37. The summed E-state index contributed by atoms with van der Waals surface area (Å²) in [5.74, 6) is 0.281. The number of carbonyl (C=O) groups is 2. The molecular formula is C31H33ClN4O2. The van der Waals surface area contributed by atoms with Crippen molar-refractivity contribution >= 4 is 29.1 Å². The maximum atomic E-state index is 13.6. The van der Waals surface area contributed by atoms with Crippen molar-refractivity contribution in [2.75, 3.05) is 31.1 Å². The molecule has 38 heavy (non-hydrogen) atoms. The van der Waals surface area contributed by atoms with Crippen LogP contribution in [0.4, 0.5) is 5.69 Å². The number of benzene rings is 2. The van der Waals surface area contributed by atoms with Crippen LogP contribution in [0, 0.1) is 5.41 Å². The van der Waals surface area contributed by atoms with Crippen LogP contribution in [-0.4, -0.2) is 47.9 Å². The fourth-order valence-corrected chi connectivity index (χ4v) is 6.71. The molecule has 0 saturated carbocycles. The molecule has 6 nitrogen and oxygen atoms in total. The summed E-state index contributed by atoms with van der Waals surface area (Å²) in [6.07, 6.45) is 8.69. The zero-order valence-electron chi connectivity index (χ0n) is 21.5. The van der Waals surface area contributed by atoms with Gasteiger partial charge in [-0.15, -0.1) is 11.6 Å². The van der Waals surface area contributed by atoms with E-state index >= 15 is 0 Å². The fourth-order valence-electron chi connectivity index (χ4n) is 6.47. The third-order valence-corrected chi connectivity index (χ3v) is 9.05. The van der Waals surface area contributed by atoms with Crippen molar-refractivity contribution in [2.45, 2.75) is 44.0 Å². The molecule has 196 valence electrons. The molecule has 7 heteroatoms. The van der Waals surface area contributed by atoms with Crippen LogP contribution in [0.25, 0.3) is 0 Å². The Hall–Kier alpha value is -3.38. The molecule has 2 saturated heterocycles. The number of piperidine rings is 1. The number of nitrogens with one attached hydrogen (secondary N) is 1. The number of likely N-dealkylation sites (tertiary alicyclic amines) is 1. The van der Waals surface area contributed by atoms with E-state index in [1.54, 1.807) is 0 Å². The number of halogens is 1. The van der Waals surface area contributed by atoms with Crippen molar-refractivity contribution in [1.29, 1.82) is 0 Å². The molecule has 0 bridgehead atoms. The molecule has 0 radical (unpaired) electrons. The second-order valence-corrected chi connectivity index (χ2v) is 11.2. The molecule has 1 aliphatic carbocycles. The molecule has 3 aromatic rings. The second kappa shape index (κ2) is 10.4. The molecule has 6 rings (SSSR count). The summed E-state index contributed by atoms with van der Waals surface area (Å²) in [4.78, 5) is 35.3. The topological polar surface area (TPSA) is 65.5 Å². The van der Waals surface area contributed by atoms with E-state index in [1.165, 1.54) is 11.3 Å². The fraction of sp³-hybridized carbons (Fsp3) is 0.387. The van der Waals surface area contributed by atoms with Gasteiger partial charge in [-0.3, -0.25) is 14.6 Å². The number of carbonyl (C=O) groups excluding carboxylic acids is 2. The van der Waals surface area contributed by atoms with Crippen LogP contribution in [0.2, 0.25) is 0 Å². The minimum absolute atomic E-state index is 0.101. The number of hydrogen-bond acceptors (Lipinski definition) is 4. The highest BCUT2D eigenvalue weighted by atomic mass is 35.5. The molecule has 1 atom stereocenters. The highest BCUT2D eigenvalue weighted by Crippen LogP contribution is 2.42. The average molecular weight is 529 g/mol. The van der Waals surface area contributed by atoms with Crippen molar-refractivity contribution in [3.8, 4) is 0 Å². The summed E-state index contributed by atoms with van der Waals surface area (Å²) >= 11 is 6.05. The number of pyridine rings is 1. The number of anilines is 1. The third kappa shape index (κ3) is 4.78. The third-order valence-electron chi connectivity index (χ3n) is 8.76. The van der Waals surface area contributed by atoms with Gasteiger partial charge in [-0.25, -0.2) is 0 Å². The summed E-state index contributed by atoms with van der Waals surface area (Å²) in [5, 5.41) is 3.19. The van der Waals surface area contributed by atoms with Gasteiger partial charge in [0.25, 0.3) is 11.8 Å². The lowest BCUT2D eigenvalue weighted by atomic mass is 9.77. The SMILES string of the molecule is O=C(NC1CCc2ccc(C(=O)N3CCC4(CCN(c5ccncc5)CC4)C3)cc21)c1ccccc1CCl. The first kappa shape index (κ1) is 24.9. The van der Waals surface area contributed by atoms with Crippen LogP contribution in [-0.2, 0) is 12.3 Å². The van der Waals surface area contributed by atoms with Crippen molar-refractivity contribution in [1.82, 2.24) is 15.2 Å². The number of aryl methyl sites for hydroxylation is 1. The smallest absolute Gasteiger partial charge is 0.253 e. The van der Waals surface area contributed by atoms with Gasteiger partial charge < -0.3 is 15.1 Å². The number of aromatic nitrogens is 1. The summed E-state index contributed by atoms with van der Waals surface area (Å²) in [6, 6.07) is 17.5. The van der Waals surface area contributed by atoms with Crippen LogP contribution >= 0.6 is 11.6 Å². The molecular weight excluding hydrogens is 496 g/mol. The summed E-state index contributed by atoms with van der Waals surface area (Å²) < 4.78 is 0. The number of hydrogen-bond donors (Lipinski definition) is 1. The lowest BCUT2D eigenvalue weighted by molar-refractivity contribution is 0.0764. The van der Waals surface area contributed by atoms with Gasteiger partial charge in [0.2, 0.25) is 0 Å². The molecule has 1 spiro atoms. The first-order valence-corrected chi connectivity index (χ1v) is 14.1. The van der Waals surface area contributed by atoms with Crippen LogP contribution in [0.3, 0.4) is 0 Å². The van der Waals surface area contributed by atoms with Crippen LogP contribution in [0.15, 0.2) is 67.0 Å². The number of alkyl halides is 1. The first-order valence-electron chi connectivity index (χ1n) is 13.6. The maximum Gasteiger partial charge on any atom is 0.253 e. The first-order chi connectivity index (χ1) is 18.5. The van der Waals surface area contributed by atoms with Crippen LogP contribution in [0.5, 0.6) is 0 Å². The molecule has 3 aliphatic rings. The molecule has 1 aromatic heterocycles. The summed E-state index contributed by atoms with van der Waals surface area (Å²) in [6.45, 7) is 3.65. The van der Waals surface area contributed by atoms with E-state index in [2.05, 4.69) is 33.4 Å². The van der Waals surface area contributed by atoms with E-state index in [-0.39, 0.29) is 23.3 Å². The largest absolute Gasteiger partial charge is 0.371 e. The molecule has 2 aromatic carbocycles. The van der Waals surface area contributed by atoms with Crippen LogP contribution in [0.1, 0.15) is 69.1 Å². The second-order valence-electron chi connectivity index (χ2n) is 10.9. The van der Waals surface area contributed by atoms with Gasteiger partial charge >= 0.3 is 0 Å². The van der Waals surface area contributed by atoms with Crippen molar-refractivity contribution in [2.24, 2.45) is 5.41 Å². The van der Waals surface area contributed by atoms with Gasteiger partial charge in [0.05, 0.1) is 6.04 Å². The zero-order valence-corrected chi connectivity index (χ0v) is 22.3. The number of amides is 2. The van der Waals surface area contributed by atoms with E-state index in [0.717, 1.165) is 75.0 Å². The van der Waals surface area contributed by atoms with E-state index in [1.807, 2.05) is 53.7 Å². The minimum atomic E-state index is -0.115. The van der Waals surface area contributed by atoms with E-state index in [4.69, 9.17) is 11.6 Å². The molecule has 2 fully saturated rings. The van der Waals surface area contributed by atoms with Gasteiger partial charge in [0, 0.05) is 61.3 Å². The quantitative estimate of drug-likeness (QED) is 0.452. The predicted molar refractivity (Wildman–Crippen MR) is 150 cm³/mol. The van der Waals surface area contributed by atoms with Gasteiger partial charge in [0.1, 0.15) is 0 Å². The minimum Gasteiger partial charge on any atom is -0.371 e. The number of fused-ring (bicyclic) bond motifs is 1. The van der Waals surface area contributed by atoms with E-state index < -0.39 is 0 Å². The standard InChI is InChI=1S/C31H33ClN4O2/c32-20-24-3-1-2-4-26(24)29(37)34-28-8-7-22-5-6-23(19-27(22)28)30(38)36-18-13-31(21-36)11-16-35(17-12-31)25-9-14-33-15-10-25/h1-6,9-10,14-15,19,28H,7-8,11-13,16-18,20-21H2,(H,34,37). The zero-order chi connectivity index (χ0) is 26.1. The Balaban J connectivity index is 1.12. The highest BCUT2D eigenvalue weighted by Gasteiger charge is 2.42. The number of nitrogens with zero attached hydrogens (tertiary/aromatic N) is 3. The van der Waals surface area contributed by atoms with Crippen molar-refractivity contribution < 1.29 is 9.59 Å².